The van der Waals surface area contributed by atoms with Gasteiger partial charge in [-0.25, -0.2) is 4.98 Å². The first-order valence-electron chi connectivity index (χ1n) is 10.5. The molecular weight excluding hydrogens is 474 g/mol. The van der Waals surface area contributed by atoms with Crippen molar-refractivity contribution in [1.29, 1.82) is 0 Å². The van der Waals surface area contributed by atoms with E-state index >= 15 is 0 Å². The molecule has 0 atom stereocenters. The maximum absolute atomic E-state index is 12.9. The Morgan fingerprint density at radius 1 is 1.31 bits per heavy atom. The highest BCUT2D eigenvalue weighted by molar-refractivity contribution is 7.13. The molecule has 35 heavy (non-hydrogen) atoms. The number of H-pyrrole nitrogens is 1. The van der Waals surface area contributed by atoms with Crippen LogP contribution in [0.4, 0.5) is 5.69 Å². The Balaban J connectivity index is 0.00000108. The van der Waals surface area contributed by atoms with Gasteiger partial charge in [-0.2, -0.15) is 10.2 Å². The maximum Gasteiger partial charge on any atom is 0.290 e. The predicted molar refractivity (Wildman–Crippen MR) is 129 cm³/mol. The van der Waals surface area contributed by atoms with Crippen LogP contribution in [0.1, 0.15) is 16.2 Å². The summed E-state index contributed by atoms with van der Waals surface area (Å²) in [5, 5.41) is 23.8. The average molecular weight is 500 g/mol. The van der Waals surface area contributed by atoms with Crippen molar-refractivity contribution in [3.8, 4) is 22.0 Å². The number of ether oxygens (including phenoxy) is 2. The van der Waals surface area contributed by atoms with E-state index < -0.39 is 0 Å². The van der Waals surface area contributed by atoms with E-state index in [9.17, 15) is 4.79 Å². The van der Waals surface area contributed by atoms with E-state index in [1.165, 1.54) is 11.3 Å². The topological polar surface area (TPSA) is 157 Å². The van der Waals surface area contributed by atoms with Crippen molar-refractivity contribution >= 4 is 29.4 Å². The van der Waals surface area contributed by atoms with Crippen LogP contribution in [0.25, 0.3) is 22.0 Å². The summed E-state index contributed by atoms with van der Waals surface area (Å²) in [7, 11) is 1.63. The molecule has 184 valence electrons. The highest BCUT2D eigenvalue weighted by Gasteiger charge is 2.19. The number of methoxy groups -OCH3 is 1. The molecule has 0 saturated heterocycles. The number of amides is 1. The zero-order chi connectivity index (χ0) is 25.0. The van der Waals surface area contributed by atoms with Crippen molar-refractivity contribution in [2.75, 3.05) is 32.2 Å². The second-order valence-electron chi connectivity index (χ2n) is 6.96. The summed E-state index contributed by atoms with van der Waals surface area (Å²) >= 11 is 1.39. The van der Waals surface area contributed by atoms with Gasteiger partial charge < -0.3 is 19.9 Å². The molecule has 0 saturated carbocycles. The van der Waals surface area contributed by atoms with E-state index in [1.807, 2.05) is 25.1 Å². The number of hydrogen-bond acceptors (Lipinski definition) is 9. The fourth-order valence-electron chi connectivity index (χ4n) is 2.98. The molecule has 0 radical (unpaired) electrons. The van der Waals surface area contributed by atoms with Crippen LogP contribution in [0.2, 0.25) is 0 Å². The molecule has 12 nitrogen and oxygen atoms in total. The molecule has 4 rings (SSSR count). The van der Waals surface area contributed by atoms with E-state index in [1.54, 1.807) is 35.8 Å². The lowest BCUT2D eigenvalue weighted by atomic mass is 10.2. The standard InChI is InChI=1S/C21H23N7O3S.CH2O2/c1-14-15(11-23-26-14)21-25-18(13-32-21)20(29)24-17-12-28(7-8-31-10-9-30-2)27-19(17)16-5-3-4-6-22-16;2-1-3/h3-6,11-13H,7-10H2,1-2H3,(H,23,26)(H,24,29);1H,(H,2,3). The van der Waals surface area contributed by atoms with Gasteiger partial charge in [-0.15, -0.1) is 11.3 Å². The van der Waals surface area contributed by atoms with E-state index in [2.05, 4.69) is 30.6 Å². The number of anilines is 1. The van der Waals surface area contributed by atoms with Crippen LogP contribution in [0.5, 0.6) is 0 Å². The summed E-state index contributed by atoms with van der Waals surface area (Å²) < 4.78 is 12.2. The van der Waals surface area contributed by atoms with Crippen molar-refractivity contribution in [3.63, 3.8) is 0 Å². The molecule has 0 unspecified atom stereocenters. The van der Waals surface area contributed by atoms with E-state index in [-0.39, 0.29) is 12.4 Å². The summed E-state index contributed by atoms with van der Waals surface area (Å²) in [6, 6.07) is 5.55. The zero-order valence-corrected chi connectivity index (χ0v) is 20.0. The summed E-state index contributed by atoms with van der Waals surface area (Å²) in [4.78, 5) is 30.1. The van der Waals surface area contributed by atoms with Gasteiger partial charge in [0.2, 0.25) is 0 Å². The number of nitrogens with one attached hydrogen (secondary N) is 2. The number of thiazole rings is 1. The SMILES string of the molecule is COCCOCCn1cc(NC(=O)c2csc(-c3c[nH]nc3C)n2)c(-c2ccccn2)n1.O=CO. The summed E-state index contributed by atoms with van der Waals surface area (Å²) in [6.07, 6.45) is 5.23. The van der Waals surface area contributed by atoms with Crippen molar-refractivity contribution in [1.82, 2.24) is 29.9 Å². The Labute approximate surface area is 205 Å². The first kappa shape index (κ1) is 25.7. The van der Waals surface area contributed by atoms with E-state index in [0.717, 1.165) is 16.3 Å². The molecule has 3 N–H and O–H groups in total. The molecule has 0 spiro atoms. The van der Waals surface area contributed by atoms with Crippen molar-refractivity contribution in [2.24, 2.45) is 0 Å². The molecule has 0 aliphatic rings. The zero-order valence-electron chi connectivity index (χ0n) is 19.2. The summed E-state index contributed by atoms with van der Waals surface area (Å²) in [5.41, 5.74) is 3.84. The number of aromatic nitrogens is 6. The molecule has 0 aliphatic heterocycles. The molecule has 0 aromatic carbocycles. The van der Waals surface area contributed by atoms with Gasteiger partial charge in [-0.3, -0.25) is 24.4 Å². The van der Waals surface area contributed by atoms with Gasteiger partial charge in [0.15, 0.2) is 0 Å². The highest BCUT2D eigenvalue weighted by Crippen LogP contribution is 2.28. The monoisotopic (exact) mass is 499 g/mol. The van der Waals surface area contributed by atoms with Crippen molar-refractivity contribution in [3.05, 3.63) is 53.6 Å². The van der Waals surface area contributed by atoms with Crippen LogP contribution in [0.3, 0.4) is 0 Å². The van der Waals surface area contributed by atoms with Crippen LogP contribution in [0.15, 0.2) is 42.2 Å². The van der Waals surface area contributed by atoms with Gasteiger partial charge in [0, 0.05) is 31.1 Å². The van der Waals surface area contributed by atoms with Crippen LogP contribution in [0, 0.1) is 6.92 Å². The number of carbonyl (C=O) groups is 2. The Bertz CT molecular complexity index is 1220. The van der Waals surface area contributed by atoms with Gasteiger partial charge in [-0.1, -0.05) is 6.07 Å². The minimum absolute atomic E-state index is 0.250. The lowest BCUT2D eigenvalue weighted by molar-refractivity contribution is -0.122. The quantitative estimate of drug-likeness (QED) is 0.220. The Morgan fingerprint density at radius 3 is 2.83 bits per heavy atom. The molecule has 0 bridgehead atoms. The fraction of sp³-hybridized carbons (Fsp3) is 0.273. The summed E-state index contributed by atoms with van der Waals surface area (Å²) in [6.45, 7) is 3.68. The van der Waals surface area contributed by atoms with Gasteiger partial charge in [0.25, 0.3) is 12.4 Å². The van der Waals surface area contributed by atoms with Crippen LogP contribution in [-0.4, -0.2) is 74.4 Å². The Kier molecular flexibility index (Phi) is 9.59. The number of pyridine rings is 1. The highest BCUT2D eigenvalue weighted by atomic mass is 32.1. The first-order chi connectivity index (χ1) is 17.1. The Morgan fingerprint density at radius 2 is 2.14 bits per heavy atom. The second-order valence-corrected chi connectivity index (χ2v) is 7.81. The fourth-order valence-corrected chi connectivity index (χ4v) is 3.85. The predicted octanol–water partition coefficient (Wildman–Crippen LogP) is 2.72. The number of hydrogen-bond donors (Lipinski definition) is 3. The first-order valence-corrected chi connectivity index (χ1v) is 11.4. The van der Waals surface area contributed by atoms with E-state index in [4.69, 9.17) is 19.4 Å². The third-order valence-corrected chi connectivity index (χ3v) is 5.49. The van der Waals surface area contributed by atoms with Crippen LogP contribution < -0.4 is 5.32 Å². The normalized spacial score (nSPS) is 10.5. The number of carboxylic acid groups (broad SMARTS) is 1. The minimum Gasteiger partial charge on any atom is -0.483 e. The molecule has 4 heterocycles. The van der Waals surface area contributed by atoms with Gasteiger partial charge in [0.1, 0.15) is 16.4 Å². The molecule has 4 aromatic rings. The van der Waals surface area contributed by atoms with Gasteiger partial charge in [-0.05, 0) is 19.1 Å². The van der Waals surface area contributed by atoms with E-state index in [0.29, 0.717) is 49.1 Å². The molecule has 0 fully saturated rings. The average Bonchev–Trinajstić information content (AvgIpc) is 3.60. The third kappa shape index (κ3) is 7.02. The van der Waals surface area contributed by atoms with Gasteiger partial charge >= 0.3 is 0 Å². The number of aromatic amines is 1. The number of carbonyl (C=O) groups excluding carboxylic acids is 1. The number of aryl methyl sites for hydroxylation is 1. The third-order valence-electron chi connectivity index (χ3n) is 4.61. The molecule has 13 heteroatoms. The Hall–Kier alpha value is -3.94. The van der Waals surface area contributed by atoms with Crippen LogP contribution in [-0.2, 0) is 20.8 Å². The van der Waals surface area contributed by atoms with Gasteiger partial charge in [0.05, 0.1) is 49.0 Å². The maximum atomic E-state index is 12.9. The van der Waals surface area contributed by atoms with Crippen LogP contribution >= 0.6 is 11.3 Å². The molecular formula is C22H25N7O5S. The van der Waals surface area contributed by atoms with Crippen molar-refractivity contribution < 1.29 is 24.2 Å². The lowest BCUT2D eigenvalue weighted by Gasteiger charge is -2.03. The van der Waals surface area contributed by atoms with Crippen molar-refractivity contribution in [2.45, 2.75) is 13.5 Å². The lowest BCUT2D eigenvalue weighted by Crippen LogP contribution is -2.12. The second kappa shape index (κ2) is 13.1. The molecule has 0 aliphatic carbocycles. The molecule has 4 aromatic heterocycles. The number of nitrogens with zero attached hydrogens (tertiary/aromatic N) is 5. The smallest absolute Gasteiger partial charge is 0.290 e. The minimum atomic E-state index is -0.318. The number of rotatable bonds is 10. The molecule has 1 amide bonds. The summed E-state index contributed by atoms with van der Waals surface area (Å²) in [5.74, 6) is -0.318. The largest absolute Gasteiger partial charge is 0.483 e.